The van der Waals surface area contributed by atoms with Gasteiger partial charge in [-0.05, 0) is 30.7 Å². The minimum atomic E-state index is -3.39. The highest BCUT2D eigenvalue weighted by Crippen LogP contribution is 2.22. The molecule has 0 spiro atoms. The summed E-state index contributed by atoms with van der Waals surface area (Å²) in [6.45, 7) is 1.02. The average Bonchev–Trinajstić information content (AvgIpc) is 2.98. The van der Waals surface area contributed by atoms with Crippen molar-refractivity contribution in [3.05, 3.63) is 54.9 Å². The topological polar surface area (TPSA) is 62.3 Å². The smallest absolute Gasteiger partial charge is 0.243 e. The average molecular weight is 303 g/mol. The van der Waals surface area contributed by atoms with Crippen molar-refractivity contribution in [3.63, 3.8) is 0 Å². The predicted octanol–water partition coefficient (Wildman–Crippen LogP) is 1.96. The van der Waals surface area contributed by atoms with Gasteiger partial charge < -0.3 is 5.32 Å². The molecular formula is C15H17N3O2S. The van der Waals surface area contributed by atoms with Gasteiger partial charge in [-0.1, -0.05) is 18.2 Å². The monoisotopic (exact) mass is 303 g/mol. The maximum atomic E-state index is 12.5. The minimum absolute atomic E-state index is 0.118. The molecule has 1 aliphatic heterocycles. The summed E-state index contributed by atoms with van der Waals surface area (Å²) in [4.78, 5) is 4.40. The molecule has 5 nitrogen and oxygen atoms in total. The molecule has 21 heavy (non-hydrogen) atoms. The number of nitrogens with zero attached hydrogens (tertiary/aromatic N) is 2. The van der Waals surface area contributed by atoms with Crippen molar-refractivity contribution in [1.29, 1.82) is 0 Å². The first-order valence-electron chi connectivity index (χ1n) is 6.88. The number of aromatic nitrogens is 1. The van der Waals surface area contributed by atoms with Crippen molar-refractivity contribution < 1.29 is 8.42 Å². The highest BCUT2D eigenvalue weighted by molar-refractivity contribution is 7.89. The summed E-state index contributed by atoms with van der Waals surface area (Å²) in [6.07, 6.45) is 4.25. The SMILES string of the molecule is O=S(=O)(c1ccccc1)N1CC[C@H](Nc2cccnc2)C1. The zero-order valence-corrected chi connectivity index (χ0v) is 12.3. The molecule has 1 saturated heterocycles. The minimum Gasteiger partial charge on any atom is -0.380 e. The van der Waals surface area contributed by atoms with E-state index < -0.39 is 10.0 Å². The van der Waals surface area contributed by atoms with E-state index in [-0.39, 0.29) is 6.04 Å². The van der Waals surface area contributed by atoms with Gasteiger partial charge in [0.2, 0.25) is 10.0 Å². The lowest BCUT2D eigenvalue weighted by Gasteiger charge is -2.17. The Hall–Kier alpha value is -1.92. The lowest BCUT2D eigenvalue weighted by atomic mass is 10.2. The molecule has 1 fully saturated rings. The van der Waals surface area contributed by atoms with Gasteiger partial charge in [-0.15, -0.1) is 0 Å². The number of pyridine rings is 1. The maximum Gasteiger partial charge on any atom is 0.243 e. The first kappa shape index (κ1) is 14.0. The summed E-state index contributed by atoms with van der Waals surface area (Å²) in [5.41, 5.74) is 0.918. The van der Waals surface area contributed by atoms with Gasteiger partial charge in [-0.3, -0.25) is 4.98 Å². The van der Waals surface area contributed by atoms with Crippen LogP contribution in [0.1, 0.15) is 6.42 Å². The second-order valence-corrected chi connectivity index (χ2v) is 6.99. The van der Waals surface area contributed by atoms with Gasteiger partial charge in [0, 0.05) is 31.5 Å². The maximum absolute atomic E-state index is 12.5. The quantitative estimate of drug-likeness (QED) is 0.938. The fourth-order valence-electron chi connectivity index (χ4n) is 2.49. The molecule has 6 heteroatoms. The molecule has 1 aliphatic rings. The molecule has 1 atom stereocenters. The number of anilines is 1. The van der Waals surface area contributed by atoms with Crippen LogP contribution in [-0.4, -0.2) is 36.8 Å². The van der Waals surface area contributed by atoms with Crippen LogP contribution < -0.4 is 5.32 Å². The molecule has 0 unspecified atom stereocenters. The van der Waals surface area contributed by atoms with E-state index in [4.69, 9.17) is 0 Å². The first-order chi connectivity index (χ1) is 10.2. The fraction of sp³-hybridized carbons (Fsp3) is 0.267. The summed E-state index contributed by atoms with van der Waals surface area (Å²) in [5.74, 6) is 0. The van der Waals surface area contributed by atoms with Crippen LogP contribution in [-0.2, 0) is 10.0 Å². The second-order valence-electron chi connectivity index (χ2n) is 5.05. The molecule has 0 radical (unpaired) electrons. The van der Waals surface area contributed by atoms with E-state index in [1.54, 1.807) is 36.7 Å². The van der Waals surface area contributed by atoms with Crippen molar-refractivity contribution in [1.82, 2.24) is 9.29 Å². The molecule has 3 rings (SSSR count). The molecule has 0 aliphatic carbocycles. The summed E-state index contributed by atoms with van der Waals surface area (Å²) in [7, 11) is -3.39. The van der Waals surface area contributed by atoms with E-state index in [0.717, 1.165) is 12.1 Å². The molecule has 110 valence electrons. The van der Waals surface area contributed by atoms with Crippen LogP contribution in [0.25, 0.3) is 0 Å². The van der Waals surface area contributed by atoms with Gasteiger partial charge in [0.25, 0.3) is 0 Å². The van der Waals surface area contributed by atoms with E-state index in [1.807, 2.05) is 18.2 Å². The Balaban J connectivity index is 1.70. The van der Waals surface area contributed by atoms with Gasteiger partial charge in [0.1, 0.15) is 0 Å². The number of hydrogen-bond acceptors (Lipinski definition) is 4. The zero-order chi connectivity index (χ0) is 14.7. The van der Waals surface area contributed by atoms with Crippen molar-refractivity contribution >= 4 is 15.7 Å². The van der Waals surface area contributed by atoms with Crippen molar-refractivity contribution in [3.8, 4) is 0 Å². The van der Waals surface area contributed by atoms with E-state index >= 15 is 0 Å². The first-order valence-corrected chi connectivity index (χ1v) is 8.32. The van der Waals surface area contributed by atoms with Crippen molar-refractivity contribution in [2.45, 2.75) is 17.4 Å². The highest BCUT2D eigenvalue weighted by Gasteiger charge is 2.32. The molecule has 2 aromatic rings. The lowest BCUT2D eigenvalue weighted by Crippen LogP contribution is -2.31. The van der Waals surface area contributed by atoms with Gasteiger partial charge >= 0.3 is 0 Å². The Labute approximate surface area is 124 Å². The Morgan fingerprint density at radius 2 is 1.95 bits per heavy atom. The summed E-state index contributed by atoms with van der Waals surface area (Å²) in [5, 5.41) is 3.33. The van der Waals surface area contributed by atoms with Crippen LogP contribution in [0.2, 0.25) is 0 Å². The van der Waals surface area contributed by atoms with Crippen molar-refractivity contribution in [2.75, 3.05) is 18.4 Å². The molecular weight excluding hydrogens is 286 g/mol. The molecule has 0 bridgehead atoms. The van der Waals surface area contributed by atoms with Gasteiger partial charge in [-0.25, -0.2) is 8.42 Å². The Morgan fingerprint density at radius 3 is 2.67 bits per heavy atom. The Bertz CT molecular complexity index is 689. The largest absolute Gasteiger partial charge is 0.380 e. The molecule has 1 N–H and O–H groups in total. The third-order valence-electron chi connectivity index (χ3n) is 3.56. The predicted molar refractivity (Wildman–Crippen MR) is 81.5 cm³/mol. The summed E-state index contributed by atoms with van der Waals surface area (Å²) >= 11 is 0. The molecule has 1 aromatic carbocycles. The normalized spacial score (nSPS) is 19.5. The Kier molecular flexibility index (Phi) is 3.90. The van der Waals surface area contributed by atoms with Crippen LogP contribution >= 0.6 is 0 Å². The highest BCUT2D eigenvalue weighted by atomic mass is 32.2. The van der Waals surface area contributed by atoms with Crippen molar-refractivity contribution in [2.24, 2.45) is 0 Å². The second kappa shape index (κ2) is 5.83. The summed E-state index contributed by atoms with van der Waals surface area (Å²) < 4.78 is 26.6. The number of benzene rings is 1. The van der Waals surface area contributed by atoms with E-state index in [0.29, 0.717) is 18.0 Å². The van der Waals surface area contributed by atoms with Crippen LogP contribution in [0.15, 0.2) is 59.8 Å². The number of nitrogens with one attached hydrogen (secondary N) is 1. The van der Waals surface area contributed by atoms with E-state index in [2.05, 4.69) is 10.3 Å². The number of hydrogen-bond donors (Lipinski definition) is 1. The molecule has 1 aromatic heterocycles. The standard InChI is InChI=1S/C15H17N3O2S/c19-21(20,15-6-2-1-3-7-15)18-10-8-14(12-18)17-13-5-4-9-16-11-13/h1-7,9,11,14,17H,8,10,12H2/t14-/m0/s1. The van der Waals surface area contributed by atoms with Gasteiger partial charge in [0.05, 0.1) is 10.6 Å². The number of rotatable bonds is 4. The Morgan fingerprint density at radius 1 is 1.14 bits per heavy atom. The van der Waals surface area contributed by atoms with E-state index in [9.17, 15) is 8.42 Å². The van der Waals surface area contributed by atoms with Gasteiger partial charge in [0.15, 0.2) is 0 Å². The lowest BCUT2D eigenvalue weighted by molar-refractivity contribution is 0.474. The number of sulfonamides is 1. The fourth-order valence-corrected chi connectivity index (χ4v) is 4.01. The van der Waals surface area contributed by atoms with Crippen LogP contribution in [0.4, 0.5) is 5.69 Å². The molecule has 0 saturated carbocycles. The zero-order valence-electron chi connectivity index (χ0n) is 11.5. The van der Waals surface area contributed by atoms with Crippen LogP contribution in [0, 0.1) is 0 Å². The van der Waals surface area contributed by atoms with Crippen LogP contribution in [0.3, 0.4) is 0 Å². The molecule has 2 heterocycles. The van der Waals surface area contributed by atoms with E-state index in [1.165, 1.54) is 4.31 Å². The summed E-state index contributed by atoms with van der Waals surface area (Å²) in [6, 6.07) is 12.5. The third kappa shape index (κ3) is 3.06. The van der Waals surface area contributed by atoms with Gasteiger partial charge in [-0.2, -0.15) is 4.31 Å². The third-order valence-corrected chi connectivity index (χ3v) is 5.44. The van der Waals surface area contributed by atoms with Crippen LogP contribution in [0.5, 0.6) is 0 Å². The molecule has 0 amide bonds.